The van der Waals surface area contributed by atoms with Crippen molar-refractivity contribution in [1.82, 2.24) is 15.2 Å². The number of anilines is 1. The monoisotopic (exact) mass is 372 g/mol. The molecule has 0 spiro atoms. The van der Waals surface area contributed by atoms with Crippen LogP contribution in [-0.4, -0.2) is 41.3 Å². The molecule has 1 aliphatic heterocycles. The molecule has 1 fully saturated rings. The lowest BCUT2D eigenvalue weighted by Gasteiger charge is -2.30. The smallest absolute Gasteiger partial charge is 0.234 e. The van der Waals surface area contributed by atoms with E-state index in [-0.39, 0.29) is 17.7 Å². The zero-order chi connectivity index (χ0) is 18.4. The first-order valence-corrected chi connectivity index (χ1v) is 9.74. The van der Waals surface area contributed by atoms with Gasteiger partial charge in [-0.25, -0.2) is 4.98 Å². The fourth-order valence-electron chi connectivity index (χ4n) is 3.05. The second-order valence-corrected chi connectivity index (χ2v) is 7.59. The molecule has 2 aromatic heterocycles. The maximum absolute atomic E-state index is 12.4. The maximum Gasteiger partial charge on any atom is 0.234 e. The number of rotatable bonds is 6. The summed E-state index contributed by atoms with van der Waals surface area (Å²) >= 11 is 1.64. The molecule has 0 bridgehead atoms. The highest BCUT2D eigenvalue weighted by molar-refractivity contribution is 7.09. The Labute approximate surface area is 157 Å². The van der Waals surface area contributed by atoms with Crippen molar-refractivity contribution in [3.8, 4) is 0 Å². The lowest BCUT2D eigenvalue weighted by Crippen LogP contribution is -2.43. The molecule has 0 unspecified atom stereocenters. The predicted octanol–water partition coefficient (Wildman–Crippen LogP) is 2.42. The van der Waals surface area contributed by atoms with E-state index in [0.29, 0.717) is 18.9 Å². The summed E-state index contributed by atoms with van der Waals surface area (Å²) in [6, 6.07) is 9.58. The van der Waals surface area contributed by atoms with Crippen LogP contribution >= 0.6 is 11.3 Å². The van der Waals surface area contributed by atoms with E-state index in [2.05, 4.69) is 20.5 Å². The summed E-state index contributed by atoms with van der Waals surface area (Å²) in [4.78, 5) is 32.0. The van der Waals surface area contributed by atoms with Crippen LogP contribution in [0, 0.1) is 12.8 Å². The molecule has 2 amide bonds. The number of amides is 2. The molecule has 138 valence electrons. The van der Waals surface area contributed by atoms with Gasteiger partial charge in [0.05, 0.1) is 13.1 Å². The molecule has 0 radical (unpaired) electrons. The van der Waals surface area contributed by atoms with E-state index in [1.165, 1.54) is 0 Å². The van der Waals surface area contributed by atoms with Crippen LogP contribution in [0.2, 0.25) is 0 Å². The Hall–Kier alpha value is -2.25. The van der Waals surface area contributed by atoms with Gasteiger partial charge in [0.25, 0.3) is 0 Å². The van der Waals surface area contributed by atoms with Crippen molar-refractivity contribution in [2.75, 3.05) is 25.0 Å². The summed E-state index contributed by atoms with van der Waals surface area (Å²) in [7, 11) is 0. The van der Waals surface area contributed by atoms with Crippen molar-refractivity contribution in [2.24, 2.45) is 5.92 Å². The van der Waals surface area contributed by atoms with E-state index in [4.69, 9.17) is 0 Å². The van der Waals surface area contributed by atoms with Crippen molar-refractivity contribution in [2.45, 2.75) is 26.3 Å². The number of carbonyl (C=O) groups excluding carboxylic acids is 2. The molecule has 0 aromatic carbocycles. The van der Waals surface area contributed by atoms with Crippen molar-refractivity contribution in [3.63, 3.8) is 0 Å². The van der Waals surface area contributed by atoms with Crippen LogP contribution in [0.5, 0.6) is 0 Å². The third-order valence-electron chi connectivity index (χ3n) is 4.51. The van der Waals surface area contributed by atoms with Gasteiger partial charge in [-0.3, -0.25) is 14.5 Å². The molecule has 3 heterocycles. The van der Waals surface area contributed by atoms with Crippen LogP contribution in [0.15, 0.2) is 35.7 Å². The van der Waals surface area contributed by atoms with Crippen LogP contribution in [0.3, 0.4) is 0 Å². The maximum atomic E-state index is 12.4. The van der Waals surface area contributed by atoms with Gasteiger partial charge in [0.15, 0.2) is 0 Å². The SMILES string of the molecule is Cc1cccc(NC(=O)C2CCN(CC(=O)NCc3cccs3)CC2)n1. The fraction of sp³-hybridized carbons (Fsp3) is 0.421. The number of likely N-dealkylation sites (tertiary alicyclic amines) is 1. The number of hydrogen-bond donors (Lipinski definition) is 2. The molecule has 1 aliphatic rings. The van der Waals surface area contributed by atoms with Crippen molar-refractivity contribution < 1.29 is 9.59 Å². The molecule has 0 saturated carbocycles. The number of nitrogens with one attached hydrogen (secondary N) is 2. The zero-order valence-electron chi connectivity index (χ0n) is 14.9. The fourth-order valence-corrected chi connectivity index (χ4v) is 3.70. The van der Waals surface area contributed by atoms with Crippen molar-refractivity contribution in [3.05, 3.63) is 46.3 Å². The van der Waals surface area contributed by atoms with Crippen LogP contribution < -0.4 is 10.6 Å². The number of nitrogens with zero attached hydrogens (tertiary/aromatic N) is 2. The minimum absolute atomic E-state index is 0.0184. The predicted molar refractivity (Wildman–Crippen MR) is 103 cm³/mol. The molecule has 1 saturated heterocycles. The van der Waals surface area contributed by atoms with Gasteiger partial charge in [0, 0.05) is 16.5 Å². The van der Waals surface area contributed by atoms with Crippen LogP contribution in [-0.2, 0) is 16.1 Å². The van der Waals surface area contributed by atoms with E-state index in [9.17, 15) is 9.59 Å². The van der Waals surface area contributed by atoms with E-state index < -0.39 is 0 Å². The van der Waals surface area contributed by atoms with Crippen LogP contribution in [0.4, 0.5) is 5.82 Å². The topological polar surface area (TPSA) is 74.3 Å². The summed E-state index contributed by atoms with van der Waals surface area (Å²) in [5.74, 6) is 0.628. The molecule has 2 aromatic rings. The minimum Gasteiger partial charge on any atom is -0.350 e. The van der Waals surface area contributed by atoms with Gasteiger partial charge in [-0.2, -0.15) is 0 Å². The van der Waals surface area contributed by atoms with Crippen molar-refractivity contribution in [1.29, 1.82) is 0 Å². The molecule has 7 heteroatoms. The van der Waals surface area contributed by atoms with Gasteiger partial charge in [-0.05, 0) is 56.4 Å². The van der Waals surface area contributed by atoms with Gasteiger partial charge in [0.1, 0.15) is 5.82 Å². The molecule has 6 nitrogen and oxygen atoms in total. The molecule has 0 atom stereocenters. The van der Waals surface area contributed by atoms with Gasteiger partial charge < -0.3 is 10.6 Å². The number of hydrogen-bond acceptors (Lipinski definition) is 5. The molecule has 0 aliphatic carbocycles. The third kappa shape index (κ3) is 5.37. The average molecular weight is 372 g/mol. The number of thiophene rings is 1. The normalized spacial score (nSPS) is 15.6. The van der Waals surface area contributed by atoms with E-state index in [0.717, 1.165) is 36.5 Å². The van der Waals surface area contributed by atoms with Gasteiger partial charge in [-0.15, -0.1) is 11.3 Å². The Morgan fingerprint density at radius 2 is 2.04 bits per heavy atom. The molecular formula is C19H24N4O2S. The molecule has 26 heavy (non-hydrogen) atoms. The Bertz CT molecular complexity index is 740. The third-order valence-corrected chi connectivity index (χ3v) is 5.38. The first kappa shape index (κ1) is 18.5. The Balaban J connectivity index is 1.39. The van der Waals surface area contributed by atoms with Gasteiger partial charge in [0.2, 0.25) is 11.8 Å². The van der Waals surface area contributed by atoms with E-state index >= 15 is 0 Å². The lowest BCUT2D eigenvalue weighted by molar-refractivity contribution is -0.123. The number of pyridine rings is 1. The highest BCUT2D eigenvalue weighted by atomic mass is 32.1. The Morgan fingerprint density at radius 1 is 1.23 bits per heavy atom. The molecule has 3 rings (SSSR count). The highest BCUT2D eigenvalue weighted by Gasteiger charge is 2.26. The first-order valence-electron chi connectivity index (χ1n) is 8.86. The summed E-state index contributed by atoms with van der Waals surface area (Å²) in [6.07, 6.45) is 1.52. The van der Waals surface area contributed by atoms with Crippen LogP contribution in [0.25, 0.3) is 0 Å². The van der Waals surface area contributed by atoms with Gasteiger partial charge >= 0.3 is 0 Å². The summed E-state index contributed by atoms with van der Waals surface area (Å²) < 4.78 is 0. The summed E-state index contributed by atoms with van der Waals surface area (Å²) in [5, 5.41) is 7.85. The minimum atomic E-state index is -0.0252. The standard InChI is InChI=1S/C19H24N4O2S/c1-14-4-2-6-17(21-14)22-19(25)15-7-9-23(10-8-15)13-18(24)20-12-16-5-3-11-26-16/h2-6,11,15H,7-10,12-13H2,1H3,(H,20,24)(H,21,22,25). The zero-order valence-corrected chi connectivity index (χ0v) is 15.7. The second-order valence-electron chi connectivity index (χ2n) is 6.56. The first-order chi connectivity index (χ1) is 12.6. The quantitative estimate of drug-likeness (QED) is 0.817. The molecule has 2 N–H and O–H groups in total. The van der Waals surface area contributed by atoms with E-state index in [1.807, 2.05) is 36.6 Å². The van der Waals surface area contributed by atoms with Crippen molar-refractivity contribution >= 4 is 29.0 Å². The summed E-state index contributed by atoms with van der Waals surface area (Å²) in [6.45, 7) is 4.38. The number of piperidine rings is 1. The second kappa shape index (κ2) is 8.91. The summed E-state index contributed by atoms with van der Waals surface area (Å²) in [5.41, 5.74) is 0.881. The number of aryl methyl sites for hydroxylation is 1. The van der Waals surface area contributed by atoms with E-state index in [1.54, 1.807) is 17.4 Å². The number of carbonyl (C=O) groups is 2. The highest BCUT2D eigenvalue weighted by Crippen LogP contribution is 2.19. The molecular weight excluding hydrogens is 348 g/mol. The average Bonchev–Trinajstić information content (AvgIpc) is 3.14. The lowest BCUT2D eigenvalue weighted by atomic mass is 9.96. The Morgan fingerprint density at radius 3 is 2.73 bits per heavy atom. The van der Waals surface area contributed by atoms with Crippen LogP contribution in [0.1, 0.15) is 23.4 Å². The largest absolute Gasteiger partial charge is 0.350 e. The number of aromatic nitrogens is 1. The van der Waals surface area contributed by atoms with Gasteiger partial charge in [-0.1, -0.05) is 12.1 Å². The Kier molecular flexibility index (Phi) is 6.35.